The first-order chi connectivity index (χ1) is 8.32. The van der Waals surface area contributed by atoms with Crippen LogP contribution in [0.1, 0.15) is 58.3 Å². The van der Waals surface area contributed by atoms with Crippen molar-refractivity contribution in [3.63, 3.8) is 0 Å². The molecule has 2 heteroatoms. The average molecular weight is 237 g/mol. The number of ether oxygens (including phenoxy) is 1. The van der Waals surface area contributed by atoms with Crippen LogP contribution in [0, 0.1) is 11.8 Å². The summed E-state index contributed by atoms with van der Waals surface area (Å²) in [5.74, 6) is 1.97. The lowest BCUT2D eigenvalue weighted by molar-refractivity contribution is -0.126. The summed E-state index contributed by atoms with van der Waals surface area (Å²) < 4.78 is 6.28. The predicted molar refractivity (Wildman–Crippen MR) is 70.1 cm³/mol. The fraction of sp³-hybridized carbons (Fsp3) is 1.00. The Hall–Kier alpha value is -0.0800. The molecule has 0 aromatic rings. The molecule has 1 saturated heterocycles. The fourth-order valence-electron chi connectivity index (χ4n) is 3.83. The molecule has 2 saturated carbocycles. The minimum atomic E-state index is 0.215. The maximum atomic E-state index is 6.28. The van der Waals surface area contributed by atoms with Crippen LogP contribution in [0.3, 0.4) is 0 Å². The van der Waals surface area contributed by atoms with E-state index in [1.54, 1.807) is 0 Å². The van der Waals surface area contributed by atoms with Crippen LogP contribution >= 0.6 is 0 Å². The molecule has 17 heavy (non-hydrogen) atoms. The zero-order valence-corrected chi connectivity index (χ0v) is 11.2. The van der Waals surface area contributed by atoms with E-state index in [1.807, 2.05) is 0 Å². The Morgan fingerprint density at radius 2 is 1.88 bits per heavy atom. The normalized spacial score (nSPS) is 42.9. The summed E-state index contributed by atoms with van der Waals surface area (Å²) in [6.07, 6.45) is 11.0. The minimum absolute atomic E-state index is 0.215. The van der Waals surface area contributed by atoms with Crippen molar-refractivity contribution in [2.24, 2.45) is 11.8 Å². The summed E-state index contributed by atoms with van der Waals surface area (Å²) >= 11 is 0. The molecule has 0 aromatic carbocycles. The van der Waals surface area contributed by atoms with Gasteiger partial charge < -0.3 is 10.1 Å². The summed E-state index contributed by atoms with van der Waals surface area (Å²) in [6.45, 7) is 4.33. The van der Waals surface area contributed by atoms with Crippen LogP contribution in [0.2, 0.25) is 0 Å². The summed E-state index contributed by atoms with van der Waals surface area (Å²) in [5.41, 5.74) is 0.215. The van der Waals surface area contributed by atoms with Crippen molar-refractivity contribution in [1.29, 1.82) is 0 Å². The van der Waals surface area contributed by atoms with Crippen LogP contribution in [0.4, 0.5) is 0 Å². The van der Waals surface area contributed by atoms with Crippen LogP contribution in [-0.4, -0.2) is 24.8 Å². The van der Waals surface area contributed by atoms with E-state index in [2.05, 4.69) is 12.2 Å². The van der Waals surface area contributed by atoms with Crippen molar-refractivity contribution < 1.29 is 4.74 Å². The van der Waals surface area contributed by atoms with Gasteiger partial charge in [-0.3, -0.25) is 0 Å². The van der Waals surface area contributed by atoms with Gasteiger partial charge in [-0.15, -0.1) is 0 Å². The van der Waals surface area contributed by atoms with Gasteiger partial charge in [0.15, 0.2) is 0 Å². The van der Waals surface area contributed by atoms with E-state index in [9.17, 15) is 0 Å². The van der Waals surface area contributed by atoms with Gasteiger partial charge in [0.1, 0.15) is 0 Å². The predicted octanol–water partition coefficient (Wildman–Crippen LogP) is 3.11. The van der Waals surface area contributed by atoms with E-state index < -0.39 is 0 Å². The summed E-state index contributed by atoms with van der Waals surface area (Å²) in [5, 5.41) is 3.76. The van der Waals surface area contributed by atoms with Crippen molar-refractivity contribution in [2.45, 2.75) is 69.9 Å². The maximum Gasteiger partial charge on any atom is 0.0835 e. The first-order valence-corrected chi connectivity index (χ1v) is 7.70. The van der Waals surface area contributed by atoms with E-state index in [0.29, 0.717) is 6.04 Å². The molecule has 1 spiro atoms. The van der Waals surface area contributed by atoms with Crippen LogP contribution < -0.4 is 5.32 Å². The maximum absolute atomic E-state index is 6.28. The number of nitrogens with one attached hydrogen (secondary N) is 1. The second-order valence-corrected chi connectivity index (χ2v) is 6.45. The van der Waals surface area contributed by atoms with Crippen molar-refractivity contribution in [1.82, 2.24) is 5.32 Å². The Bertz CT molecular complexity index is 254. The molecule has 1 aliphatic heterocycles. The molecule has 0 radical (unpaired) electrons. The summed E-state index contributed by atoms with van der Waals surface area (Å²) in [6, 6.07) is 0.654. The molecule has 1 heterocycles. The van der Waals surface area contributed by atoms with Crippen LogP contribution in [0.15, 0.2) is 0 Å². The van der Waals surface area contributed by atoms with Gasteiger partial charge in [-0.2, -0.15) is 0 Å². The third-order valence-electron chi connectivity index (χ3n) is 5.31. The van der Waals surface area contributed by atoms with Gasteiger partial charge in [0.25, 0.3) is 0 Å². The molecule has 3 fully saturated rings. The monoisotopic (exact) mass is 237 g/mol. The highest BCUT2D eigenvalue weighted by Crippen LogP contribution is 2.44. The van der Waals surface area contributed by atoms with Crippen LogP contribution in [0.5, 0.6) is 0 Å². The quantitative estimate of drug-likeness (QED) is 0.814. The molecule has 1 atom stereocenters. The zero-order chi connectivity index (χ0) is 11.7. The van der Waals surface area contributed by atoms with Gasteiger partial charge in [-0.1, -0.05) is 26.2 Å². The van der Waals surface area contributed by atoms with Crippen molar-refractivity contribution in [3.05, 3.63) is 0 Å². The van der Waals surface area contributed by atoms with E-state index in [1.165, 1.54) is 51.4 Å². The highest BCUT2D eigenvalue weighted by Gasteiger charge is 2.45. The van der Waals surface area contributed by atoms with Gasteiger partial charge in [0.2, 0.25) is 0 Å². The van der Waals surface area contributed by atoms with Gasteiger partial charge in [-0.05, 0) is 43.9 Å². The highest BCUT2D eigenvalue weighted by molar-refractivity contribution is 5.00. The Balaban J connectivity index is 1.64. The van der Waals surface area contributed by atoms with Gasteiger partial charge >= 0.3 is 0 Å². The lowest BCUT2D eigenvalue weighted by Crippen LogP contribution is -2.59. The molecule has 0 amide bonds. The molecule has 2 aliphatic carbocycles. The lowest BCUT2D eigenvalue weighted by atomic mass is 9.72. The Morgan fingerprint density at radius 1 is 1.12 bits per heavy atom. The Labute approximate surface area is 105 Å². The molecule has 0 bridgehead atoms. The van der Waals surface area contributed by atoms with E-state index in [0.717, 1.165) is 25.0 Å². The third-order valence-corrected chi connectivity index (χ3v) is 5.31. The molecule has 3 aliphatic rings. The fourth-order valence-corrected chi connectivity index (χ4v) is 3.83. The largest absolute Gasteiger partial charge is 0.372 e. The van der Waals surface area contributed by atoms with E-state index in [-0.39, 0.29) is 5.60 Å². The van der Waals surface area contributed by atoms with Crippen LogP contribution in [-0.2, 0) is 4.74 Å². The smallest absolute Gasteiger partial charge is 0.0835 e. The zero-order valence-electron chi connectivity index (χ0n) is 11.2. The molecule has 1 N–H and O–H groups in total. The molecule has 2 nitrogen and oxygen atoms in total. The highest BCUT2D eigenvalue weighted by atomic mass is 16.5. The first kappa shape index (κ1) is 12.0. The van der Waals surface area contributed by atoms with E-state index in [4.69, 9.17) is 4.74 Å². The second kappa shape index (κ2) is 4.89. The van der Waals surface area contributed by atoms with Crippen molar-refractivity contribution in [2.75, 3.05) is 13.2 Å². The third kappa shape index (κ3) is 2.53. The molecular weight excluding hydrogens is 210 g/mol. The second-order valence-electron chi connectivity index (χ2n) is 6.45. The van der Waals surface area contributed by atoms with Crippen molar-refractivity contribution >= 4 is 0 Å². The average Bonchev–Trinajstić information content (AvgIpc) is 3.17. The number of morpholine rings is 1. The van der Waals surface area contributed by atoms with Gasteiger partial charge in [-0.25, -0.2) is 0 Å². The summed E-state index contributed by atoms with van der Waals surface area (Å²) in [4.78, 5) is 0. The molecule has 98 valence electrons. The molecular formula is C15H27NO. The SMILES string of the molecule is CCC1CCC2(CC1)OCCNC2CC1CC1. The topological polar surface area (TPSA) is 21.3 Å². The molecule has 3 rings (SSSR count). The van der Waals surface area contributed by atoms with Gasteiger partial charge in [0, 0.05) is 12.6 Å². The number of hydrogen-bond acceptors (Lipinski definition) is 2. The number of rotatable bonds is 3. The lowest BCUT2D eigenvalue weighted by Gasteiger charge is -2.48. The minimum Gasteiger partial charge on any atom is -0.372 e. The number of hydrogen-bond donors (Lipinski definition) is 1. The Morgan fingerprint density at radius 3 is 2.53 bits per heavy atom. The molecule has 0 aromatic heterocycles. The first-order valence-electron chi connectivity index (χ1n) is 7.70. The molecule has 1 unspecified atom stereocenters. The van der Waals surface area contributed by atoms with Crippen LogP contribution in [0.25, 0.3) is 0 Å². The standard InChI is InChI=1S/C15H27NO/c1-2-12-5-7-15(8-6-12)14(11-13-3-4-13)16-9-10-17-15/h12-14,16H,2-11H2,1H3. The van der Waals surface area contributed by atoms with Crippen molar-refractivity contribution in [3.8, 4) is 0 Å². The Kier molecular flexibility index (Phi) is 3.45. The summed E-state index contributed by atoms with van der Waals surface area (Å²) in [7, 11) is 0. The van der Waals surface area contributed by atoms with E-state index >= 15 is 0 Å². The van der Waals surface area contributed by atoms with Gasteiger partial charge in [0.05, 0.1) is 12.2 Å².